The zero-order valence-electron chi connectivity index (χ0n) is 9.65. The van der Waals surface area contributed by atoms with Crippen LogP contribution in [0.4, 0.5) is 0 Å². The SMILES string of the molecule is COCC(C)n1c(=S)[nH]c2ccc(C)nc21. The predicted molar refractivity (Wildman–Crippen MR) is 66.2 cm³/mol. The Kier molecular flexibility index (Phi) is 3.07. The number of hydrogen-bond acceptors (Lipinski definition) is 3. The van der Waals surface area contributed by atoms with Gasteiger partial charge in [-0.2, -0.15) is 0 Å². The Morgan fingerprint density at radius 3 is 3.00 bits per heavy atom. The highest BCUT2D eigenvalue weighted by Gasteiger charge is 2.11. The number of pyridine rings is 1. The van der Waals surface area contributed by atoms with Crippen LogP contribution < -0.4 is 0 Å². The molecule has 0 radical (unpaired) electrons. The van der Waals surface area contributed by atoms with Crippen LogP contribution in [0.3, 0.4) is 0 Å². The van der Waals surface area contributed by atoms with Crippen LogP contribution in [0.1, 0.15) is 18.7 Å². The molecule has 0 aromatic carbocycles. The van der Waals surface area contributed by atoms with Gasteiger partial charge in [0.1, 0.15) is 0 Å². The summed E-state index contributed by atoms with van der Waals surface area (Å²) in [5, 5.41) is 0. The molecular formula is C11H15N3OS. The molecule has 0 aliphatic heterocycles. The number of ether oxygens (including phenoxy) is 1. The second-order valence-electron chi connectivity index (χ2n) is 3.93. The number of methoxy groups -OCH3 is 1. The number of nitrogens with zero attached hydrogens (tertiary/aromatic N) is 2. The maximum absolute atomic E-state index is 5.30. The molecule has 2 aromatic heterocycles. The van der Waals surface area contributed by atoms with Crippen molar-refractivity contribution in [2.75, 3.05) is 13.7 Å². The number of aromatic amines is 1. The zero-order valence-corrected chi connectivity index (χ0v) is 10.5. The minimum Gasteiger partial charge on any atom is -0.383 e. The summed E-state index contributed by atoms with van der Waals surface area (Å²) in [7, 11) is 1.69. The van der Waals surface area contributed by atoms with E-state index in [0.717, 1.165) is 16.9 Å². The van der Waals surface area contributed by atoms with Crippen molar-refractivity contribution in [1.29, 1.82) is 0 Å². The van der Waals surface area contributed by atoms with Crippen LogP contribution in [0.2, 0.25) is 0 Å². The third-order valence-corrected chi connectivity index (χ3v) is 2.85. The van der Waals surface area contributed by atoms with Gasteiger partial charge >= 0.3 is 0 Å². The third kappa shape index (κ3) is 1.88. The summed E-state index contributed by atoms with van der Waals surface area (Å²) >= 11 is 5.30. The lowest BCUT2D eigenvalue weighted by molar-refractivity contribution is 0.163. The lowest BCUT2D eigenvalue weighted by Crippen LogP contribution is -2.11. The van der Waals surface area contributed by atoms with E-state index in [-0.39, 0.29) is 6.04 Å². The smallest absolute Gasteiger partial charge is 0.179 e. The molecule has 2 aromatic rings. The normalized spacial score (nSPS) is 13.2. The summed E-state index contributed by atoms with van der Waals surface area (Å²) in [6.45, 7) is 4.66. The van der Waals surface area contributed by atoms with Crippen molar-refractivity contribution >= 4 is 23.4 Å². The lowest BCUT2D eigenvalue weighted by atomic mass is 10.3. The topological polar surface area (TPSA) is 42.8 Å². The van der Waals surface area contributed by atoms with Gasteiger partial charge in [-0.05, 0) is 38.2 Å². The number of nitrogens with one attached hydrogen (secondary N) is 1. The number of aromatic nitrogens is 3. The molecule has 0 spiro atoms. The van der Waals surface area contributed by atoms with Crippen molar-refractivity contribution in [3.8, 4) is 0 Å². The van der Waals surface area contributed by atoms with Crippen LogP contribution >= 0.6 is 12.2 Å². The largest absolute Gasteiger partial charge is 0.383 e. The van der Waals surface area contributed by atoms with Crippen LogP contribution in [0.5, 0.6) is 0 Å². The molecule has 86 valence electrons. The Hall–Kier alpha value is -1.20. The Morgan fingerprint density at radius 2 is 2.31 bits per heavy atom. The second-order valence-corrected chi connectivity index (χ2v) is 4.32. The van der Waals surface area contributed by atoms with E-state index in [1.54, 1.807) is 7.11 Å². The van der Waals surface area contributed by atoms with Gasteiger partial charge in [-0.25, -0.2) is 4.98 Å². The van der Waals surface area contributed by atoms with Crippen molar-refractivity contribution in [2.24, 2.45) is 0 Å². The molecule has 4 nitrogen and oxygen atoms in total. The van der Waals surface area contributed by atoms with Gasteiger partial charge < -0.3 is 9.72 Å². The molecule has 0 aliphatic carbocycles. The summed E-state index contributed by atoms with van der Waals surface area (Å²) in [6, 6.07) is 4.16. The minimum atomic E-state index is 0.181. The number of imidazole rings is 1. The van der Waals surface area contributed by atoms with Crippen molar-refractivity contribution in [2.45, 2.75) is 19.9 Å². The molecule has 1 unspecified atom stereocenters. The van der Waals surface area contributed by atoms with Crippen molar-refractivity contribution in [3.05, 3.63) is 22.6 Å². The summed E-state index contributed by atoms with van der Waals surface area (Å²) in [5.74, 6) is 0. The Morgan fingerprint density at radius 1 is 1.56 bits per heavy atom. The van der Waals surface area contributed by atoms with Gasteiger partial charge in [0.25, 0.3) is 0 Å². The molecule has 2 heterocycles. The zero-order chi connectivity index (χ0) is 11.7. The molecule has 0 bridgehead atoms. The summed E-state index contributed by atoms with van der Waals surface area (Å²) in [6.07, 6.45) is 0. The van der Waals surface area contributed by atoms with Gasteiger partial charge in [-0.3, -0.25) is 4.57 Å². The number of aryl methyl sites for hydroxylation is 1. The molecule has 1 N–H and O–H groups in total. The fraction of sp³-hybridized carbons (Fsp3) is 0.455. The molecule has 16 heavy (non-hydrogen) atoms. The first-order chi connectivity index (χ1) is 7.63. The second kappa shape index (κ2) is 4.35. The van der Waals surface area contributed by atoms with E-state index in [2.05, 4.69) is 16.9 Å². The average Bonchev–Trinajstić information content (AvgIpc) is 2.53. The van der Waals surface area contributed by atoms with Gasteiger partial charge in [0.2, 0.25) is 0 Å². The van der Waals surface area contributed by atoms with Crippen molar-refractivity contribution < 1.29 is 4.74 Å². The number of hydrogen-bond donors (Lipinski definition) is 1. The lowest BCUT2D eigenvalue weighted by Gasteiger charge is -2.12. The fourth-order valence-electron chi connectivity index (χ4n) is 1.82. The molecule has 2 rings (SSSR count). The molecule has 0 saturated heterocycles. The predicted octanol–water partition coefficient (Wildman–Crippen LogP) is 2.61. The van der Waals surface area contributed by atoms with Crippen LogP contribution in [-0.4, -0.2) is 28.3 Å². The molecule has 1 atom stereocenters. The van der Waals surface area contributed by atoms with E-state index in [9.17, 15) is 0 Å². The van der Waals surface area contributed by atoms with Crippen molar-refractivity contribution in [3.63, 3.8) is 0 Å². The Balaban J connectivity index is 2.62. The summed E-state index contributed by atoms with van der Waals surface area (Å²) in [5.41, 5.74) is 2.85. The van der Waals surface area contributed by atoms with Crippen LogP contribution in [0.25, 0.3) is 11.2 Å². The summed E-state index contributed by atoms with van der Waals surface area (Å²) in [4.78, 5) is 7.66. The van der Waals surface area contributed by atoms with Crippen LogP contribution in [-0.2, 0) is 4.74 Å². The third-order valence-electron chi connectivity index (χ3n) is 2.55. The molecule has 0 aliphatic rings. The Bertz CT molecular complexity index is 558. The van der Waals surface area contributed by atoms with Gasteiger partial charge in [0, 0.05) is 12.8 Å². The van der Waals surface area contributed by atoms with E-state index in [4.69, 9.17) is 17.0 Å². The standard InChI is InChI=1S/C11H15N3OS/c1-7-4-5-9-10(12-7)14(11(16)13-9)8(2)6-15-3/h4-5,8H,6H2,1-3H3,(H,13,16). The van der Waals surface area contributed by atoms with Gasteiger partial charge in [0.05, 0.1) is 18.2 Å². The molecule has 0 fully saturated rings. The molecule has 5 heteroatoms. The first-order valence-corrected chi connectivity index (χ1v) is 5.61. The highest BCUT2D eigenvalue weighted by atomic mass is 32.1. The Labute approximate surface area is 99.3 Å². The van der Waals surface area contributed by atoms with E-state index in [1.807, 2.05) is 23.6 Å². The number of H-pyrrole nitrogens is 1. The van der Waals surface area contributed by atoms with Gasteiger partial charge in [0.15, 0.2) is 10.4 Å². The van der Waals surface area contributed by atoms with Crippen LogP contribution in [0.15, 0.2) is 12.1 Å². The number of fused-ring (bicyclic) bond motifs is 1. The first kappa shape index (κ1) is 11.3. The van der Waals surface area contributed by atoms with Crippen LogP contribution in [0, 0.1) is 11.7 Å². The molecule has 0 saturated carbocycles. The molecule has 0 amide bonds. The quantitative estimate of drug-likeness (QED) is 0.834. The fourth-order valence-corrected chi connectivity index (χ4v) is 2.20. The van der Waals surface area contributed by atoms with Gasteiger partial charge in [-0.1, -0.05) is 0 Å². The van der Waals surface area contributed by atoms with Crippen molar-refractivity contribution in [1.82, 2.24) is 14.5 Å². The number of rotatable bonds is 3. The monoisotopic (exact) mass is 237 g/mol. The van der Waals surface area contributed by atoms with E-state index in [1.165, 1.54) is 0 Å². The highest BCUT2D eigenvalue weighted by molar-refractivity contribution is 7.71. The maximum atomic E-state index is 5.30. The summed E-state index contributed by atoms with van der Waals surface area (Å²) < 4.78 is 7.85. The van der Waals surface area contributed by atoms with E-state index in [0.29, 0.717) is 11.4 Å². The van der Waals surface area contributed by atoms with E-state index >= 15 is 0 Å². The molecular weight excluding hydrogens is 222 g/mol. The van der Waals surface area contributed by atoms with E-state index < -0.39 is 0 Å². The first-order valence-electron chi connectivity index (χ1n) is 5.20. The maximum Gasteiger partial charge on any atom is 0.179 e. The average molecular weight is 237 g/mol. The highest BCUT2D eigenvalue weighted by Crippen LogP contribution is 2.17. The van der Waals surface area contributed by atoms with Gasteiger partial charge in [-0.15, -0.1) is 0 Å². The minimum absolute atomic E-state index is 0.181.